The number of nitrogens with zero attached hydrogens (tertiary/aromatic N) is 6. The predicted molar refractivity (Wildman–Crippen MR) is 117 cm³/mol. The zero-order valence-electron chi connectivity index (χ0n) is 18.8. The number of aliphatic carboxylic acids is 1. The van der Waals surface area contributed by atoms with Gasteiger partial charge in [0.2, 0.25) is 5.95 Å². The minimum atomic E-state index is -2.69. The molecule has 0 radical (unpaired) electrons. The topological polar surface area (TPSA) is 128 Å². The zero-order chi connectivity index (χ0) is 24.2. The Bertz CT molecular complexity index is 1170. The van der Waals surface area contributed by atoms with Crippen LogP contribution in [0.5, 0.6) is 5.75 Å². The van der Waals surface area contributed by atoms with Crippen molar-refractivity contribution in [2.24, 2.45) is 13.0 Å². The number of carboxylic acids is 1. The van der Waals surface area contributed by atoms with Gasteiger partial charge in [-0.15, -0.1) is 5.10 Å². The molecule has 0 aliphatic heterocycles. The van der Waals surface area contributed by atoms with Gasteiger partial charge in [0.15, 0.2) is 0 Å². The van der Waals surface area contributed by atoms with E-state index in [-0.39, 0.29) is 30.2 Å². The second-order valence-electron chi connectivity index (χ2n) is 8.19. The fourth-order valence-electron chi connectivity index (χ4n) is 3.98. The first-order valence-corrected chi connectivity index (χ1v) is 10.9. The van der Waals surface area contributed by atoms with Crippen molar-refractivity contribution in [2.75, 3.05) is 5.32 Å². The third-order valence-corrected chi connectivity index (χ3v) is 5.81. The molecule has 34 heavy (non-hydrogen) atoms. The number of anilines is 1. The Labute approximate surface area is 194 Å². The van der Waals surface area contributed by atoms with E-state index in [1.165, 1.54) is 12.3 Å². The number of aryl methyl sites for hydroxylation is 2. The molecular weight excluding hydrogens is 448 g/mol. The fourth-order valence-corrected chi connectivity index (χ4v) is 3.98. The lowest BCUT2D eigenvalue weighted by Gasteiger charge is -2.27. The van der Waals surface area contributed by atoms with Gasteiger partial charge in [-0.05, 0) is 50.8 Å². The fraction of sp³-hybridized carbons (Fsp3) is 0.455. The Morgan fingerprint density at radius 1 is 1.29 bits per heavy atom. The highest BCUT2D eigenvalue weighted by molar-refractivity contribution is 5.70. The summed E-state index contributed by atoms with van der Waals surface area (Å²) in [4.78, 5) is 23.7. The van der Waals surface area contributed by atoms with Crippen LogP contribution in [0.3, 0.4) is 0 Å². The highest BCUT2D eigenvalue weighted by atomic mass is 19.3. The van der Waals surface area contributed by atoms with Crippen LogP contribution in [-0.4, -0.2) is 47.1 Å². The van der Waals surface area contributed by atoms with Crippen molar-refractivity contribution in [1.82, 2.24) is 29.9 Å². The van der Waals surface area contributed by atoms with E-state index in [0.29, 0.717) is 41.4 Å². The van der Waals surface area contributed by atoms with Crippen LogP contribution in [-0.2, 0) is 18.4 Å². The van der Waals surface area contributed by atoms with E-state index < -0.39 is 12.4 Å². The maximum absolute atomic E-state index is 12.9. The number of pyridine rings is 1. The number of carboxylic acid groups (broad SMARTS) is 1. The first-order chi connectivity index (χ1) is 16.3. The van der Waals surface area contributed by atoms with Gasteiger partial charge < -0.3 is 15.2 Å². The molecule has 180 valence electrons. The normalized spacial score (nSPS) is 18.1. The summed E-state index contributed by atoms with van der Waals surface area (Å²) in [5.41, 5.74) is 2.05. The highest BCUT2D eigenvalue weighted by Gasteiger charge is 2.28. The largest absolute Gasteiger partial charge is 0.489 e. The Morgan fingerprint density at radius 2 is 2.12 bits per heavy atom. The molecule has 0 unspecified atom stereocenters. The van der Waals surface area contributed by atoms with E-state index in [2.05, 4.69) is 30.6 Å². The summed E-state index contributed by atoms with van der Waals surface area (Å²) in [6.45, 7) is 2.01. The van der Waals surface area contributed by atoms with Crippen molar-refractivity contribution in [3.63, 3.8) is 0 Å². The average molecular weight is 473 g/mol. The van der Waals surface area contributed by atoms with E-state index in [1.54, 1.807) is 23.9 Å². The number of hydrogen-bond donors (Lipinski definition) is 2. The van der Waals surface area contributed by atoms with Crippen LogP contribution >= 0.6 is 0 Å². The minimum Gasteiger partial charge on any atom is -0.489 e. The summed E-state index contributed by atoms with van der Waals surface area (Å²) in [5.74, 6) is -0.495. The first kappa shape index (κ1) is 23.5. The van der Waals surface area contributed by atoms with Crippen molar-refractivity contribution in [3.8, 4) is 17.1 Å². The Hall–Kier alpha value is -3.70. The zero-order valence-corrected chi connectivity index (χ0v) is 18.8. The van der Waals surface area contributed by atoms with Crippen molar-refractivity contribution in [1.29, 1.82) is 0 Å². The van der Waals surface area contributed by atoms with E-state index in [9.17, 15) is 18.7 Å². The molecule has 3 heterocycles. The lowest BCUT2D eigenvalue weighted by Crippen LogP contribution is -2.29. The molecule has 0 amide bonds. The molecule has 3 aromatic rings. The molecule has 1 aliphatic rings. The standard InChI is InChI=1S/C22H25F2N7O3/c1-12-18(34-14-5-3-4-13(10-14)21(32)33)7-6-15(27-12)19-17(31(2)30-29-19)11-26-22-25-9-8-16(28-22)20(23)24/h6-9,13-14,20H,3-5,10-11H2,1-2H3,(H,32,33)(H,25,26,28)/t13-,14-/m0/s1. The van der Waals surface area contributed by atoms with Crippen LogP contribution in [0.2, 0.25) is 0 Å². The van der Waals surface area contributed by atoms with Crippen LogP contribution < -0.4 is 10.1 Å². The summed E-state index contributed by atoms with van der Waals surface area (Å²) in [6, 6.07) is 4.72. The van der Waals surface area contributed by atoms with Gasteiger partial charge in [0.05, 0.1) is 35.6 Å². The van der Waals surface area contributed by atoms with Crippen molar-refractivity contribution in [3.05, 3.63) is 41.5 Å². The number of aromatic nitrogens is 6. The van der Waals surface area contributed by atoms with Crippen LogP contribution in [0.15, 0.2) is 24.4 Å². The molecule has 4 rings (SSSR count). The maximum atomic E-state index is 12.9. The third kappa shape index (κ3) is 5.26. The summed E-state index contributed by atoms with van der Waals surface area (Å²) in [5, 5.41) is 20.5. The average Bonchev–Trinajstić information content (AvgIpc) is 3.19. The SMILES string of the molecule is Cc1nc(-c2nnn(C)c2CNc2nccc(C(F)F)n2)ccc1O[C@H]1CCC[C@H](C(=O)O)C1. The van der Waals surface area contributed by atoms with Gasteiger partial charge in [-0.25, -0.2) is 28.4 Å². The lowest BCUT2D eigenvalue weighted by atomic mass is 9.87. The van der Waals surface area contributed by atoms with E-state index in [1.807, 2.05) is 6.92 Å². The molecule has 0 aromatic carbocycles. The monoisotopic (exact) mass is 473 g/mol. The molecule has 1 aliphatic carbocycles. The third-order valence-electron chi connectivity index (χ3n) is 5.81. The first-order valence-electron chi connectivity index (χ1n) is 10.9. The molecular formula is C22H25F2N7O3. The Morgan fingerprint density at radius 3 is 2.85 bits per heavy atom. The molecule has 12 heteroatoms. The number of carbonyl (C=O) groups is 1. The molecule has 10 nitrogen and oxygen atoms in total. The number of rotatable bonds is 8. The smallest absolute Gasteiger partial charge is 0.306 e. The van der Waals surface area contributed by atoms with Gasteiger partial charge in [0.1, 0.15) is 17.1 Å². The maximum Gasteiger partial charge on any atom is 0.306 e. The van der Waals surface area contributed by atoms with Crippen LogP contribution in [0, 0.1) is 12.8 Å². The van der Waals surface area contributed by atoms with Crippen LogP contribution in [0.25, 0.3) is 11.4 Å². The van der Waals surface area contributed by atoms with Gasteiger partial charge in [-0.2, -0.15) is 0 Å². The number of ether oxygens (including phenoxy) is 1. The van der Waals surface area contributed by atoms with Crippen molar-refractivity contribution >= 4 is 11.9 Å². The Kier molecular flexibility index (Phi) is 6.94. The predicted octanol–water partition coefficient (Wildman–Crippen LogP) is 3.55. The molecule has 3 aromatic heterocycles. The van der Waals surface area contributed by atoms with Gasteiger partial charge in [0, 0.05) is 13.2 Å². The van der Waals surface area contributed by atoms with Gasteiger partial charge >= 0.3 is 5.97 Å². The molecule has 0 bridgehead atoms. The summed E-state index contributed by atoms with van der Waals surface area (Å²) in [6.07, 6.45) is 1.19. The van der Waals surface area contributed by atoms with Gasteiger partial charge in [-0.1, -0.05) is 5.21 Å². The number of alkyl halides is 2. The molecule has 2 atom stereocenters. The second-order valence-corrected chi connectivity index (χ2v) is 8.19. The minimum absolute atomic E-state index is 0.0741. The Balaban J connectivity index is 1.48. The van der Waals surface area contributed by atoms with E-state index >= 15 is 0 Å². The quantitative estimate of drug-likeness (QED) is 0.505. The van der Waals surface area contributed by atoms with Gasteiger partial charge in [0.25, 0.3) is 6.43 Å². The number of hydrogen-bond acceptors (Lipinski definition) is 8. The molecule has 0 saturated heterocycles. The summed E-state index contributed by atoms with van der Waals surface area (Å²) in [7, 11) is 1.72. The van der Waals surface area contributed by atoms with Crippen LogP contribution in [0.1, 0.15) is 49.2 Å². The van der Waals surface area contributed by atoms with Crippen molar-refractivity contribution in [2.45, 2.75) is 51.7 Å². The molecule has 2 N–H and O–H groups in total. The molecule has 1 saturated carbocycles. The van der Waals surface area contributed by atoms with Crippen molar-refractivity contribution < 1.29 is 23.4 Å². The number of halogens is 2. The van der Waals surface area contributed by atoms with E-state index in [4.69, 9.17) is 4.74 Å². The second kappa shape index (κ2) is 10.1. The van der Waals surface area contributed by atoms with E-state index in [0.717, 1.165) is 12.8 Å². The summed E-state index contributed by atoms with van der Waals surface area (Å²) < 4.78 is 33.4. The van der Waals surface area contributed by atoms with Gasteiger partial charge in [-0.3, -0.25) is 4.79 Å². The highest BCUT2D eigenvalue weighted by Crippen LogP contribution is 2.30. The molecule has 0 spiro atoms. The molecule has 1 fully saturated rings. The summed E-state index contributed by atoms with van der Waals surface area (Å²) >= 11 is 0. The lowest BCUT2D eigenvalue weighted by molar-refractivity contribution is -0.143. The van der Waals surface area contributed by atoms with Crippen LogP contribution in [0.4, 0.5) is 14.7 Å². The number of nitrogens with one attached hydrogen (secondary N) is 1.